The first-order chi connectivity index (χ1) is 12.2. The van der Waals surface area contributed by atoms with Crippen molar-refractivity contribution in [3.63, 3.8) is 0 Å². The van der Waals surface area contributed by atoms with Crippen LogP contribution >= 0.6 is 0 Å². The van der Waals surface area contributed by atoms with E-state index < -0.39 is 6.04 Å². The van der Waals surface area contributed by atoms with Gasteiger partial charge in [-0.05, 0) is 36.6 Å². The van der Waals surface area contributed by atoms with Crippen molar-refractivity contribution in [1.82, 2.24) is 4.98 Å². The fraction of sp³-hybridized carbons (Fsp3) is 0.250. The molecule has 25 heavy (non-hydrogen) atoms. The van der Waals surface area contributed by atoms with E-state index in [1.54, 1.807) is 24.2 Å². The average Bonchev–Trinajstić information content (AvgIpc) is 2.77. The number of Topliss-reactive ketones (excluding diaryl/α,β-unsaturated/α-hetero) is 1. The Bertz CT molecular complexity index is 874. The van der Waals surface area contributed by atoms with Crippen molar-refractivity contribution in [1.29, 1.82) is 0 Å². The number of hydrogen-bond donors (Lipinski definition) is 1. The number of carbonyl (C=O) groups is 2. The van der Waals surface area contributed by atoms with Crippen LogP contribution in [0.25, 0.3) is 0 Å². The lowest BCUT2D eigenvalue weighted by atomic mass is 9.86. The van der Waals surface area contributed by atoms with Crippen LogP contribution in [-0.2, 0) is 9.59 Å². The molecule has 1 N–H and O–H groups in total. The Labute approximate surface area is 146 Å². The Kier molecular flexibility index (Phi) is 3.84. The standard InChI is InChI=1S/C20H19N3O2/c1-13(24)23-17-9-3-2-7-15(17)22-16-8-4-10-18(25)19(16)20(23)14-6-5-11-21-12-14/h2-3,5-7,9,11-12,20,22H,4,8,10H2,1H3/t20-/m1/s1. The van der Waals surface area contributed by atoms with Gasteiger partial charge < -0.3 is 5.32 Å². The Hall–Kier alpha value is -2.95. The smallest absolute Gasteiger partial charge is 0.224 e. The maximum absolute atomic E-state index is 12.8. The van der Waals surface area contributed by atoms with Crippen LogP contribution in [0.1, 0.15) is 37.8 Å². The fourth-order valence-corrected chi connectivity index (χ4v) is 3.74. The number of ketones is 1. The van der Waals surface area contributed by atoms with Gasteiger partial charge in [-0.2, -0.15) is 0 Å². The summed E-state index contributed by atoms with van der Waals surface area (Å²) in [4.78, 5) is 31.4. The van der Waals surface area contributed by atoms with Crippen molar-refractivity contribution < 1.29 is 9.59 Å². The van der Waals surface area contributed by atoms with Gasteiger partial charge in [-0.1, -0.05) is 18.2 Å². The van der Waals surface area contributed by atoms with E-state index in [0.29, 0.717) is 12.0 Å². The molecule has 2 aromatic rings. The topological polar surface area (TPSA) is 62.3 Å². The second-order valence-electron chi connectivity index (χ2n) is 6.39. The highest BCUT2D eigenvalue weighted by Crippen LogP contribution is 2.44. The van der Waals surface area contributed by atoms with Crippen molar-refractivity contribution in [2.24, 2.45) is 0 Å². The number of nitrogens with one attached hydrogen (secondary N) is 1. The van der Waals surface area contributed by atoms with Crippen LogP contribution in [0.2, 0.25) is 0 Å². The Balaban J connectivity index is 2.00. The van der Waals surface area contributed by atoms with Crippen molar-refractivity contribution in [2.45, 2.75) is 32.2 Å². The van der Waals surface area contributed by atoms with E-state index in [-0.39, 0.29) is 11.7 Å². The van der Waals surface area contributed by atoms with Crippen LogP contribution in [0.5, 0.6) is 0 Å². The van der Waals surface area contributed by atoms with Gasteiger partial charge in [-0.3, -0.25) is 19.5 Å². The van der Waals surface area contributed by atoms with Crippen LogP contribution in [0.4, 0.5) is 11.4 Å². The number of para-hydroxylation sites is 2. The van der Waals surface area contributed by atoms with Gasteiger partial charge in [-0.15, -0.1) is 0 Å². The van der Waals surface area contributed by atoms with E-state index in [1.807, 2.05) is 36.4 Å². The molecule has 0 unspecified atom stereocenters. The molecule has 126 valence electrons. The van der Waals surface area contributed by atoms with Crippen molar-refractivity contribution in [2.75, 3.05) is 10.2 Å². The van der Waals surface area contributed by atoms with Gasteiger partial charge in [0.25, 0.3) is 0 Å². The van der Waals surface area contributed by atoms with Gasteiger partial charge in [0.1, 0.15) is 0 Å². The average molecular weight is 333 g/mol. The molecule has 2 aliphatic rings. The van der Waals surface area contributed by atoms with E-state index in [1.165, 1.54) is 0 Å². The fourth-order valence-electron chi connectivity index (χ4n) is 3.74. The SMILES string of the molecule is CC(=O)N1c2ccccc2NC2=C(C(=O)CCC2)[C@H]1c1cccnc1. The maximum atomic E-state index is 12.8. The number of fused-ring (bicyclic) bond motifs is 1. The van der Waals surface area contributed by atoms with E-state index in [2.05, 4.69) is 10.3 Å². The summed E-state index contributed by atoms with van der Waals surface area (Å²) in [6.45, 7) is 1.54. The molecule has 1 atom stereocenters. The number of nitrogens with zero attached hydrogens (tertiary/aromatic N) is 2. The number of hydrogen-bond acceptors (Lipinski definition) is 4. The first-order valence-electron chi connectivity index (χ1n) is 8.49. The highest BCUT2D eigenvalue weighted by molar-refractivity contribution is 6.05. The van der Waals surface area contributed by atoms with E-state index >= 15 is 0 Å². The lowest BCUT2D eigenvalue weighted by Crippen LogP contribution is -2.36. The number of aromatic nitrogens is 1. The van der Waals surface area contributed by atoms with Gasteiger partial charge in [0.2, 0.25) is 5.91 Å². The molecule has 5 nitrogen and oxygen atoms in total. The highest BCUT2D eigenvalue weighted by Gasteiger charge is 2.38. The number of carbonyl (C=O) groups excluding carboxylic acids is 2. The molecule has 0 bridgehead atoms. The molecule has 0 fully saturated rings. The minimum atomic E-state index is -0.454. The summed E-state index contributed by atoms with van der Waals surface area (Å²) < 4.78 is 0. The third-order valence-corrected chi connectivity index (χ3v) is 4.78. The predicted octanol–water partition coefficient (Wildman–Crippen LogP) is 3.61. The second kappa shape index (κ2) is 6.16. The molecule has 1 aromatic carbocycles. The molecule has 1 amide bonds. The minimum Gasteiger partial charge on any atom is -0.357 e. The first kappa shape index (κ1) is 15.6. The molecule has 1 aromatic heterocycles. The summed E-state index contributed by atoms with van der Waals surface area (Å²) >= 11 is 0. The zero-order chi connectivity index (χ0) is 17.4. The summed E-state index contributed by atoms with van der Waals surface area (Å²) in [5.41, 5.74) is 4.09. The normalized spacial score (nSPS) is 19.6. The predicted molar refractivity (Wildman–Crippen MR) is 96.1 cm³/mol. The molecule has 0 spiro atoms. The lowest BCUT2D eigenvalue weighted by Gasteiger charge is -2.32. The monoisotopic (exact) mass is 333 g/mol. The van der Waals surface area contributed by atoms with Crippen LogP contribution < -0.4 is 10.2 Å². The van der Waals surface area contributed by atoms with Crippen LogP contribution in [0, 0.1) is 0 Å². The summed E-state index contributed by atoms with van der Waals surface area (Å²) in [6.07, 6.45) is 5.58. The molecule has 1 aliphatic carbocycles. The zero-order valence-electron chi connectivity index (χ0n) is 14.0. The maximum Gasteiger partial charge on any atom is 0.224 e. The van der Waals surface area contributed by atoms with E-state index in [4.69, 9.17) is 0 Å². The summed E-state index contributed by atoms with van der Waals surface area (Å²) in [7, 11) is 0. The number of amides is 1. The molecule has 0 radical (unpaired) electrons. The van der Waals surface area contributed by atoms with Crippen LogP contribution in [0.15, 0.2) is 60.1 Å². The number of benzene rings is 1. The van der Waals surface area contributed by atoms with Crippen LogP contribution in [-0.4, -0.2) is 16.7 Å². The Morgan fingerprint density at radius 1 is 1.20 bits per heavy atom. The zero-order valence-corrected chi connectivity index (χ0v) is 14.0. The number of anilines is 2. The number of pyridine rings is 1. The highest BCUT2D eigenvalue weighted by atomic mass is 16.2. The molecule has 1 aliphatic heterocycles. The quantitative estimate of drug-likeness (QED) is 0.866. The molecule has 5 heteroatoms. The van der Waals surface area contributed by atoms with Gasteiger partial charge in [0.15, 0.2) is 5.78 Å². The van der Waals surface area contributed by atoms with E-state index in [9.17, 15) is 9.59 Å². The van der Waals surface area contributed by atoms with Gasteiger partial charge >= 0.3 is 0 Å². The molecule has 0 saturated carbocycles. The largest absolute Gasteiger partial charge is 0.357 e. The van der Waals surface area contributed by atoms with Crippen molar-refractivity contribution in [3.05, 3.63) is 65.6 Å². The summed E-state index contributed by atoms with van der Waals surface area (Å²) in [6, 6.07) is 11.0. The van der Waals surface area contributed by atoms with Crippen molar-refractivity contribution in [3.8, 4) is 0 Å². The van der Waals surface area contributed by atoms with Gasteiger partial charge in [0, 0.05) is 37.0 Å². The third kappa shape index (κ3) is 2.61. The van der Waals surface area contributed by atoms with Gasteiger partial charge in [-0.25, -0.2) is 0 Å². The molecule has 2 heterocycles. The Morgan fingerprint density at radius 3 is 2.80 bits per heavy atom. The molecular weight excluding hydrogens is 314 g/mol. The van der Waals surface area contributed by atoms with E-state index in [0.717, 1.165) is 35.5 Å². The second-order valence-corrected chi connectivity index (χ2v) is 6.39. The van der Waals surface area contributed by atoms with Crippen LogP contribution in [0.3, 0.4) is 0 Å². The summed E-state index contributed by atoms with van der Waals surface area (Å²) in [5.74, 6) is -0.00288. The molecular formula is C20H19N3O2. The Morgan fingerprint density at radius 2 is 2.04 bits per heavy atom. The van der Waals surface area contributed by atoms with Gasteiger partial charge in [0.05, 0.1) is 17.4 Å². The molecule has 4 rings (SSSR count). The number of rotatable bonds is 1. The summed E-state index contributed by atoms with van der Waals surface area (Å²) in [5, 5.41) is 3.42. The third-order valence-electron chi connectivity index (χ3n) is 4.78. The number of allylic oxidation sites excluding steroid dienone is 1. The lowest BCUT2D eigenvalue weighted by molar-refractivity contribution is -0.117. The molecule has 0 saturated heterocycles. The minimum absolute atomic E-state index is 0.0988. The van der Waals surface area contributed by atoms with Crippen molar-refractivity contribution >= 4 is 23.1 Å². The first-order valence-corrected chi connectivity index (χ1v) is 8.49.